The lowest BCUT2D eigenvalue weighted by Crippen LogP contribution is -2.23. The molecule has 0 fully saturated rings. The molecule has 1 amide bonds. The molecule has 0 aliphatic carbocycles. The van der Waals surface area contributed by atoms with Crippen LogP contribution in [-0.2, 0) is 20.9 Å². The first-order valence-electron chi connectivity index (χ1n) is 23.1. The fourth-order valence-corrected chi connectivity index (χ4v) is 6.68. The number of hydrogen-bond acceptors (Lipinski definition) is 3. The Morgan fingerprint density at radius 3 is 1.07 bits per heavy atom. The third-order valence-electron chi connectivity index (χ3n) is 10.9. The average molecular weight is 820 g/mol. The van der Waals surface area contributed by atoms with Gasteiger partial charge in [0.15, 0.2) is 0 Å². The molecule has 60 heavy (non-hydrogen) atoms. The Labute approximate surface area is 368 Å². The van der Waals surface area contributed by atoms with Crippen molar-refractivity contribution in [2.75, 3.05) is 6.61 Å². The Morgan fingerprint density at radius 2 is 0.733 bits per heavy atom. The minimum absolute atomic E-state index is 0.0893. The molecule has 0 bridgehead atoms. The quantitative estimate of drug-likeness (QED) is 0.0600. The predicted octanol–water partition coefficient (Wildman–Crippen LogP) is 16.4. The van der Waals surface area contributed by atoms with Crippen molar-refractivity contribution in [3.05, 3.63) is 141 Å². The zero-order valence-corrected chi connectivity index (χ0v) is 39.9. The number of ether oxygens (including phenoxy) is 1. The highest BCUT2D eigenvalue weighted by Gasteiger charge is 2.08. The summed E-state index contributed by atoms with van der Waals surface area (Å²) in [5, 5.41) is 2.84. The van der Waals surface area contributed by atoms with Crippen LogP contribution in [0.1, 0.15) is 190 Å². The highest BCUT2D eigenvalue weighted by molar-refractivity contribution is 5.81. The highest BCUT2D eigenvalue weighted by atomic mass is 16.5. The summed E-state index contributed by atoms with van der Waals surface area (Å²) in [6.07, 6.45) is 39.3. The lowest BCUT2D eigenvalue weighted by Gasteiger charge is -2.06. The molecule has 1 aromatic carbocycles. The summed E-state index contributed by atoms with van der Waals surface area (Å²) < 4.78 is 5.32. The molecule has 0 spiro atoms. The molecule has 0 aliphatic rings. The molecule has 0 saturated carbocycles. The topological polar surface area (TPSA) is 55.4 Å². The summed E-state index contributed by atoms with van der Waals surface area (Å²) in [7, 11) is 0. The van der Waals surface area contributed by atoms with E-state index in [0.29, 0.717) is 6.54 Å². The fourth-order valence-electron chi connectivity index (χ4n) is 6.68. The van der Waals surface area contributed by atoms with E-state index in [1.54, 1.807) is 0 Å². The van der Waals surface area contributed by atoms with E-state index >= 15 is 0 Å². The number of carbonyl (C=O) groups is 2. The molecule has 0 unspecified atom stereocenters. The molecule has 4 heteroatoms. The van der Waals surface area contributed by atoms with Gasteiger partial charge in [-0.15, -0.1) is 0 Å². The van der Waals surface area contributed by atoms with E-state index in [0.717, 1.165) is 95.5 Å². The van der Waals surface area contributed by atoms with Crippen LogP contribution in [0.25, 0.3) is 0 Å². The van der Waals surface area contributed by atoms with Gasteiger partial charge in [0.1, 0.15) is 6.61 Å². The number of amides is 1. The third kappa shape index (κ3) is 32.6. The molecule has 0 heterocycles. The van der Waals surface area contributed by atoms with Crippen molar-refractivity contribution < 1.29 is 14.3 Å². The normalized spacial score (nSPS) is 13.8. The minimum Gasteiger partial charge on any atom is -0.461 e. The number of carbonyl (C=O) groups excluding carboxylic acids is 2. The van der Waals surface area contributed by atoms with Gasteiger partial charge in [-0.05, 0) is 184 Å². The first kappa shape index (κ1) is 53.8. The van der Waals surface area contributed by atoms with E-state index in [9.17, 15) is 9.59 Å². The lowest BCUT2D eigenvalue weighted by atomic mass is 10.0. The summed E-state index contributed by atoms with van der Waals surface area (Å²) in [5.74, 6) is -0.490. The molecule has 0 aliphatic heterocycles. The Bertz CT molecular complexity index is 1670. The fraction of sp³-hybridized carbons (Fsp3) is 0.536. The summed E-state index contributed by atoms with van der Waals surface area (Å²) >= 11 is 0. The van der Waals surface area contributed by atoms with Crippen molar-refractivity contribution in [2.24, 2.45) is 0 Å². The van der Waals surface area contributed by atoms with E-state index in [1.165, 1.54) is 63.0 Å². The number of allylic oxidation sites excluding steroid dienone is 17. The predicted molar refractivity (Wildman–Crippen MR) is 262 cm³/mol. The number of rotatable bonds is 31. The van der Waals surface area contributed by atoms with Crippen LogP contribution in [-0.4, -0.2) is 18.5 Å². The molecule has 0 radical (unpaired) electrons. The van der Waals surface area contributed by atoms with Gasteiger partial charge in [-0.2, -0.15) is 0 Å². The SMILES string of the molecule is CC(C)=CCC/C(C)=C/CC/C(C)=C/CC/C(C)=C/CC/C(C)=C/CC/C(C)=C/CC/C(C)=C/CC/C(C)=C/CC/C(C)=C/COC(=O)CCC(=O)NCc1ccccc1. The molecule has 0 aromatic heterocycles. The molecular formula is C56H85NO3. The highest BCUT2D eigenvalue weighted by Crippen LogP contribution is 2.18. The van der Waals surface area contributed by atoms with E-state index in [1.807, 2.05) is 36.4 Å². The molecule has 1 aromatic rings. The van der Waals surface area contributed by atoms with Crippen LogP contribution in [0.2, 0.25) is 0 Å². The lowest BCUT2D eigenvalue weighted by molar-refractivity contribution is -0.143. The molecule has 1 N–H and O–H groups in total. The second-order valence-electron chi connectivity index (χ2n) is 17.4. The Hall–Kier alpha value is -4.18. The van der Waals surface area contributed by atoms with Crippen LogP contribution in [0.4, 0.5) is 0 Å². The number of benzene rings is 1. The average Bonchev–Trinajstić information content (AvgIpc) is 3.19. The first-order chi connectivity index (χ1) is 28.7. The summed E-state index contributed by atoms with van der Waals surface area (Å²) in [6.45, 7) is 23.1. The van der Waals surface area contributed by atoms with Crippen molar-refractivity contribution in [2.45, 2.75) is 191 Å². The molecular weight excluding hydrogens is 735 g/mol. The third-order valence-corrected chi connectivity index (χ3v) is 10.9. The van der Waals surface area contributed by atoms with Crippen molar-refractivity contribution in [1.82, 2.24) is 5.32 Å². The van der Waals surface area contributed by atoms with E-state index in [-0.39, 0.29) is 31.3 Å². The van der Waals surface area contributed by atoms with Gasteiger partial charge >= 0.3 is 5.97 Å². The van der Waals surface area contributed by atoms with Crippen LogP contribution in [0.3, 0.4) is 0 Å². The maximum atomic E-state index is 12.1. The molecule has 4 nitrogen and oxygen atoms in total. The Kier molecular flexibility index (Phi) is 31.0. The molecule has 0 atom stereocenters. The zero-order chi connectivity index (χ0) is 44.4. The molecule has 0 saturated heterocycles. The number of esters is 1. The smallest absolute Gasteiger partial charge is 0.306 e. The van der Waals surface area contributed by atoms with Crippen LogP contribution in [0, 0.1) is 0 Å². The maximum Gasteiger partial charge on any atom is 0.306 e. The van der Waals surface area contributed by atoms with E-state index < -0.39 is 0 Å². The second-order valence-corrected chi connectivity index (χ2v) is 17.4. The minimum atomic E-state index is -0.345. The monoisotopic (exact) mass is 820 g/mol. The molecule has 332 valence electrons. The van der Waals surface area contributed by atoms with E-state index in [4.69, 9.17) is 4.74 Å². The summed E-state index contributed by atoms with van der Waals surface area (Å²) in [5.41, 5.74) is 14.1. The standard InChI is InChI=1S/C56H85NO3/c1-45(2)22-14-23-46(3)24-15-25-47(4)26-16-27-48(5)28-17-29-49(6)30-18-31-50(7)32-19-33-51(8)34-20-35-52(9)36-21-37-53(10)42-43-60-56(59)41-40-55(58)57-44-54-38-12-11-13-39-54/h11-13,22,24,26,28,30,32,34,36,38-39,42H,14-21,23,25,27,29,31,33,35,37,40-41,43-44H2,1-10H3,(H,57,58)/b46-24+,47-26+,48-28+,49-30+,50-32+,51-34+,52-36+,53-42+. The van der Waals surface area contributed by atoms with Gasteiger partial charge in [0.2, 0.25) is 5.91 Å². The van der Waals surface area contributed by atoms with Gasteiger partial charge in [0.25, 0.3) is 0 Å². The van der Waals surface area contributed by atoms with Crippen molar-refractivity contribution >= 4 is 11.9 Å². The Morgan fingerprint density at radius 1 is 0.417 bits per heavy atom. The van der Waals surface area contributed by atoms with Crippen LogP contribution in [0.5, 0.6) is 0 Å². The first-order valence-corrected chi connectivity index (χ1v) is 23.1. The van der Waals surface area contributed by atoms with Crippen LogP contribution < -0.4 is 5.32 Å². The molecule has 1 rings (SSSR count). The van der Waals surface area contributed by atoms with E-state index in [2.05, 4.69) is 123 Å². The van der Waals surface area contributed by atoms with Gasteiger partial charge in [-0.25, -0.2) is 0 Å². The largest absolute Gasteiger partial charge is 0.461 e. The van der Waals surface area contributed by atoms with Crippen molar-refractivity contribution in [3.63, 3.8) is 0 Å². The van der Waals surface area contributed by atoms with Gasteiger partial charge in [0.05, 0.1) is 6.42 Å². The second kappa shape index (κ2) is 34.5. The number of nitrogens with one attached hydrogen (secondary N) is 1. The Balaban J connectivity index is 2.19. The van der Waals surface area contributed by atoms with Crippen molar-refractivity contribution in [3.8, 4) is 0 Å². The maximum absolute atomic E-state index is 12.1. The van der Waals surface area contributed by atoms with Gasteiger partial charge in [-0.1, -0.05) is 129 Å². The van der Waals surface area contributed by atoms with Crippen LogP contribution in [0.15, 0.2) is 135 Å². The summed E-state index contributed by atoms with van der Waals surface area (Å²) in [6, 6.07) is 9.73. The van der Waals surface area contributed by atoms with Gasteiger partial charge in [-0.3, -0.25) is 9.59 Å². The number of hydrogen-bond donors (Lipinski definition) is 1. The van der Waals surface area contributed by atoms with Crippen LogP contribution >= 0.6 is 0 Å². The summed E-state index contributed by atoms with van der Waals surface area (Å²) in [4.78, 5) is 24.1. The van der Waals surface area contributed by atoms with Gasteiger partial charge in [0, 0.05) is 13.0 Å². The zero-order valence-electron chi connectivity index (χ0n) is 39.9. The van der Waals surface area contributed by atoms with Gasteiger partial charge < -0.3 is 10.1 Å². The van der Waals surface area contributed by atoms with Crippen molar-refractivity contribution in [1.29, 1.82) is 0 Å².